The average molecular weight is 477 g/mol. The van der Waals surface area contributed by atoms with Crippen LogP contribution in [0.2, 0.25) is 10.0 Å². The molecule has 1 fully saturated rings. The van der Waals surface area contributed by atoms with E-state index in [9.17, 15) is 9.59 Å². The standard InChI is InChI=1S/C25H30Cl2N2O3/c1-2-23(25(31)28-21-6-4-3-5-7-21)29(16-18-8-10-19(26)11-9-18)24(30)17-32-22-14-12-20(27)13-15-22/h8-15,21,23H,2-7,16-17H2,1H3,(H,28,31)/t23-/m0/s1. The van der Waals surface area contributed by atoms with E-state index >= 15 is 0 Å². The normalized spacial score (nSPS) is 15.1. The number of benzene rings is 2. The summed E-state index contributed by atoms with van der Waals surface area (Å²) in [6.45, 7) is 2.06. The predicted octanol–water partition coefficient (Wildman–Crippen LogP) is 5.63. The Morgan fingerprint density at radius 3 is 2.19 bits per heavy atom. The highest BCUT2D eigenvalue weighted by Crippen LogP contribution is 2.20. The Labute approximate surface area is 200 Å². The van der Waals surface area contributed by atoms with E-state index in [2.05, 4.69) is 5.32 Å². The molecule has 2 aromatic rings. The lowest BCUT2D eigenvalue weighted by molar-refractivity contribution is -0.143. The molecule has 0 heterocycles. The van der Waals surface area contributed by atoms with Gasteiger partial charge in [0.05, 0.1) is 0 Å². The summed E-state index contributed by atoms with van der Waals surface area (Å²) in [6, 6.07) is 13.8. The van der Waals surface area contributed by atoms with E-state index in [1.54, 1.807) is 41.3 Å². The quantitative estimate of drug-likeness (QED) is 0.510. The number of rotatable bonds is 9. The SMILES string of the molecule is CC[C@@H](C(=O)NC1CCCCC1)N(Cc1ccc(Cl)cc1)C(=O)COc1ccc(Cl)cc1. The summed E-state index contributed by atoms with van der Waals surface area (Å²) in [5.74, 6) is 0.197. The molecule has 0 spiro atoms. The molecular formula is C25H30Cl2N2O3. The smallest absolute Gasteiger partial charge is 0.261 e. The summed E-state index contributed by atoms with van der Waals surface area (Å²) < 4.78 is 5.68. The zero-order valence-corrected chi connectivity index (χ0v) is 19.9. The van der Waals surface area contributed by atoms with E-state index in [4.69, 9.17) is 27.9 Å². The zero-order valence-electron chi connectivity index (χ0n) is 18.4. The van der Waals surface area contributed by atoms with Gasteiger partial charge in [0.1, 0.15) is 11.8 Å². The summed E-state index contributed by atoms with van der Waals surface area (Å²) in [7, 11) is 0. The number of nitrogens with one attached hydrogen (secondary N) is 1. The van der Waals surface area contributed by atoms with Crippen LogP contribution in [0.5, 0.6) is 5.75 Å². The van der Waals surface area contributed by atoms with Crippen molar-refractivity contribution in [2.45, 2.75) is 64.1 Å². The lowest BCUT2D eigenvalue weighted by Gasteiger charge is -2.32. The minimum atomic E-state index is -0.575. The van der Waals surface area contributed by atoms with Crippen molar-refractivity contribution in [3.05, 3.63) is 64.1 Å². The third-order valence-electron chi connectivity index (χ3n) is 5.78. The molecule has 1 saturated carbocycles. The molecule has 1 aliphatic rings. The van der Waals surface area contributed by atoms with Gasteiger partial charge < -0.3 is 15.0 Å². The average Bonchev–Trinajstić information content (AvgIpc) is 2.80. The van der Waals surface area contributed by atoms with E-state index in [0.29, 0.717) is 28.8 Å². The van der Waals surface area contributed by atoms with E-state index in [1.807, 2.05) is 19.1 Å². The lowest BCUT2D eigenvalue weighted by Crippen LogP contribution is -2.52. The van der Waals surface area contributed by atoms with Gasteiger partial charge in [-0.3, -0.25) is 9.59 Å². The van der Waals surface area contributed by atoms with Crippen molar-refractivity contribution in [2.75, 3.05) is 6.61 Å². The second-order valence-corrected chi connectivity index (χ2v) is 9.03. The van der Waals surface area contributed by atoms with Crippen LogP contribution in [0, 0.1) is 0 Å². The molecule has 32 heavy (non-hydrogen) atoms. The maximum atomic E-state index is 13.2. The highest BCUT2D eigenvalue weighted by Gasteiger charge is 2.30. The van der Waals surface area contributed by atoms with Gasteiger partial charge in [-0.05, 0) is 61.2 Å². The summed E-state index contributed by atoms with van der Waals surface area (Å²) in [6.07, 6.45) is 5.97. The third-order valence-corrected chi connectivity index (χ3v) is 6.28. The Morgan fingerprint density at radius 2 is 1.59 bits per heavy atom. The Morgan fingerprint density at radius 1 is 1.00 bits per heavy atom. The van der Waals surface area contributed by atoms with Crippen LogP contribution in [0.4, 0.5) is 0 Å². The summed E-state index contributed by atoms with van der Waals surface area (Å²) >= 11 is 11.9. The van der Waals surface area contributed by atoms with Gasteiger partial charge in [-0.1, -0.05) is 61.5 Å². The molecule has 3 rings (SSSR count). The van der Waals surface area contributed by atoms with Crippen molar-refractivity contribution < 1.29 is 14.3 Å². The van der Waals surface area contributed by atoms with Crippen LogP contribution in [-0.4, -0.2) is 35.4 Å². The van der Waals surface area contributed by atoms with Gasteiger partial charge in [0, 0.05) is 22.6 Å². The molecule has 1 N–H and O–H groups in total. The first-order valence-electron chi connectivity index (χ1n) is 11.2. The molecular weight excluding hydrogens is 447 g/mol. The first-order valence-corrected chi connectivity index (χ1v) is 11.9. The predicted molar refractivity (Wildman–Crippen MR) is 128 cm³/mol. The highest BCUT2D eigenvalue weighted by molar-refractivity contribution is 6.30. The number of carbonyl (C=O) groups is 2. The van der Waals surface area contributed by atoms with Crippen LogP contribution in [0.15, 0.2) is 48.5 Å². The van der Waals surface area contributed by atoms with Crippen LogP contribution in [0.1, 0.15) is 51.0 Å². The monoisotopic (exact) mass is 476 g/mol. The Balaban J connectivity index is 1.73. The van der Waals surface area contributed by atoms with Crippen molar-refractivity contribution in [2.24, 2.45) is 0 Å². The van der Waals surface area contributed by atoms with Crippen molar-refractivity contribution in [3.63, 3.8) is 0 Å². The minimum Gasteiger partial charge on any atom is -0.484 e. The molecule has 0 aromatic heterocycles. The molecule has 0 radical (unpaired) electrons. The number of nitrogens with zero attached hydrogens (tertiary/aromatic N) is 1. The number of ether oxygens (including phenoxy) is 1. The van der Waals surface area contributed by atoms with Crippen molar-refractivity contribution >= 4 is 35.0 Å². The third kappa shape index (κ3) is 7.14. The topological polar surface area (TPSA) is 58.6 Å². The molecule has 172 valence electrons. The summed E-state index contributed by atoms with van der Waals surface area (Å²) in [5, 5.41) is 4.39. The van der Waals surface area contributed by atoms with Gasteiger partial charge >= 0.3 is 0 Å². The summed E-state index contributed by atoms with van der Waals surface area (Å²) in [4.78, 5) is 28.0. The lowest BCUT2D eigenvalue weighted by atomic mass is 9.95. The second-order valence-electron chi connectivity index (χ2n) is 8.16. The van der Waals surface area contributed by atoms with Crippen LogP contribution < -0.4 is 10.1 Å². The maximum Gasteiger partial charge on any atom is 0.261 e. The van der Waals surface area contributed by atoms with Gasteiger partial charge in [-0.15, -0.1) is 0 Å². The first-order chi connectivity index (χ1) is 15.5. The van der Waals surface area contributed by atoms with Crippen LogP contribution >= 0.6 is 23.2 Å². The number of hydrogen-bond acceptors (Lipinski definition) is 3. The van der Waals surface area contributed by atoms with Gasteiger partial charge in [0.2, 0.25) is 5.91 Å². The molecule has 5 nitrogen and oxygen atoms in total. The van der Waals surface area contributed by atoms with Crippen molar-refractivity contribution in [1.29, 1.82) is 0 Å². The van der Waals surface area contributed by atoms with Crippen LogP contribution in [-0.2, 0) is 16.1 Å². The Kier molecular flexibility index (Phi) is 9.24. The number of hydrogen-bond donors (Lipinski definition) is 1. The molecule has 0 saturated heterocycles. The second kappa shape index (κ2) is 12.1. The van der Waals surface area contributed by atoms with E-state index in [1.165, 1.54) is 6.42 Å². The van der Waals surface area contributed by atoms with E-state index in [-0.39, 0.29) is 24.5 Å². The molecule has 7 heteroatoms. The van der Waals surface area contributed by atoms with Gasteiger partial charge in [0.15, 0.2) is 6.61 Å². The number of amides is 2. The fourth-order valence-electron chi connectivity index (χ4n) is 4.01. The molecule has 0 bridgehead atoms. The molecule has 0 unspecified atom stereocenters. The number of halogens is 2. The van der Waals surface area contributed by atoms with Crippen LogP contribution in [0.3, 0.4) is 0 Å². The van der Waals surface area contributed by atoms with Crippen molar-refractivity contribution in [1.82, 2.24) is 10.2 Å². The van der Waals surface area contributed by atoms with Gasteiger partial charge in [-0.25, -0.2) is 0 Å². The first kappa shape index (κ1) is 24.4. The molecule has 0 aliphatic heterocycles. The van der Waals surface area contributed by atoms with E-state index in [0.717, 1.165) is 31.2 Å². The van der Waals surface area contributed by atoms with Crippen LogP contribution in [0.25, 0.3) is 0 Å². The van der Waals surface area contributed by atoms with Gasteiger partial charge in [0.25, 0.3) is 5.91 Å². The highest BCUT2D eigenvalue weighted by atomic mass is 35.5. The molecule has 1 atom stereocenters. The minimum absolute atomic E-state index is 0.104. The Bertz CT molecular complexity index is 881. The maximum absolute atomic E-state index is 13.2. The van der Waals surface area contributed by atoms with E-state index < -0.39 is 6.04 Å². The largest absolute Gasteiger partial charge is 0.484 e. The fourth-order valence-corrected chi connectivity index (χ4v) is 4.26. The molecule has 2 aromatic carbocycles. The Hall–Kier alpha value is -2.24. The van der Waals surface area contributed by atoms with Crippen molar-refractivity contribution in [3.8, 4) is 5.75 Å². The number of carbonyl (C=O) groups excluding carboxylic acids is 2. The van der Waals surface area contributed by atoms with Gasteiger partial charge in [-0.2, -0.15) is 0 Å². The molecule has 1 aliphatic carbocycles. The molecule has 2 amide bonds. The summed E-state index contributed by atoms with van der Waals surface area (Å²) in [5.41, 5.74) is 0.901. The fraction of sp³-hybridized carbons (Fsp3) is 0.440. The zero-order chi connectivity index (χ0) is 22.9.